The van der Waals surface area contributed by atoms with E-state index in [-0.39, 0.29) is 4.90 Å². The minimum Gasteiger partial charge on any atom is -0.207 e. The molecule has 0 N–H and O–H groups in total. The summed E-state index contributed by atoms with van der Waals surface area (Å²) in [4.78, 5) is -0.160. The smallest absolute Gasteiger partial charge is 0.207 e. The summed E-state index contributed by atoms with van der Waals surface area (Å²) in [5.74, 6) is -10.6. The van der Waals surface area contributed by atoms with Gasteiger partial charge in [0, 0.05) is 0 Å². The number of sulfonamides is 1. The van der Waals surface area contributed by atoms with Crippen molar-refractivity contribution >= 4 is 16.1 Å². The zero-order chi connectivity index (χ0) is 23.2. The van der Waals surface area contributed by atoms with Crippen molar-refractivity contribution in [2.45, 2.75) is 23.9 Å². The van der Waals surface area contributed by atoms with E-state index in [1.54, 1.807) is 49.4 Å². The maximum atomic E-state index is 14.5. The predicted molar refractivity (Wildman–Crippen MR) is 108 cm³/mol. The minimum atomic E-state index is -4.29. The highest BCUT2D eigenvalue weighted by Crippen LogP contribution is 2.50. The van der Waals surface area contributed by atoms with E-state index in [4.69, 9.17) is 0 Å². The summed E-state index contributed by atoms with van der Waals surface area (Å²) >= 11 is 0. The van der Waals surface area contributed by atoms with Crippen LogP contribution in [0, 0.1) is 36.0 Å². The van der Waals surface area contributed by atoms with E-state index in [1.807, 2.05) is 0 Å². The first-order valence-corrected chi connectivity index (χ1v) is 10.9. The number of benzene rings is 3. The molecule has 3 aromatic rings. The molecule has 0 spiro atoms. The lowest BCUT2D eigenvalue weighted by atomic mass is 10.1. The molecule has 1 unspecified atom stereocenters. The molecule has 3 aromatic carbocycles. The Labute approximate surface area is 181 Å². The van der Waals surface area contributed by atoms with Gasteiger partial charge in [-0.15, -0.1) is 0 Å². The molecule has 4 rings (SSSR count). The maximum absolute atomic E-state index is 14.5. The molecular formula is C23H16F5NO2S. The Kier molecular flexibility index (Phi) is 5.64. The van der Waals surface area contributed by atoms with Crippen molar-refractivity contribution in [3.8, 4) is 0 Å². The van der Waals surface area contributed by atoms with Crippen LogP contribution in [-0.2, 0) is 10.0 Å². The van der Waals surface area contributed by atoms with E-state index in [0.29, 0.717) is 5.56 Å². The number of hydrogen-bond acceptors (Lipinski definition) is 2. The standard InChI is InChI=1S/C23H16F5NO2S/c1-13-7-10-15(11-8-13)32(30,31)29-16(12-9-14-5-3-2-4-6-14)23(29)17-18(24)20(26)22(28)21(27)19(17)25/h2-12,16,23H,1H3/b12-9+/t16-,23+,29?/m1/s1. The second kappa shape index (κ2) is 8.14. The van der Waals surface area contributed by atoms with Gasteiger partial charge in [0.05, 0.1) is 22.5 Å². The van der Waals surface area contributed by atoms with Crippen molar-refractivity contribution in [3.63, 3.8) is 0 Å². The molecule has 1 saturated heterocycles. The fourth-order valence-electron chi connectivity index (χ4n) is 3.51. The summed E-state index contributed by atoms with van der Waals surface area (Å²) in [5, 5.41) is 0. The van der Waals surface area contributed by atoms with Crippen molar-refractivity contribution < 1.29 is 30.4 Å². The van der Waals surface area contributed by atoms with E-state index < -0.39 is 56.8 Å². The fraction of sp³-hybridized carbons (Fsp3) is 0.130. The van der Waals surface area contributed by atoms with Gasteiger partial charge >= 0.3 is 0 Å². The molecule has 0 amide bonds. The number of nitrogens with zero attached hydrogens (tertiary/aromatic N) is 1. The second-order valence-electron chi connectivity index (χ2n) is 7.34. The van der Waals surface area contributed by atoms with E-state index in [1.165, 1.54) is 24.3 Å². The number of aryl methyl sites for hydroxylation is 1. The van der Waals surface area contributed by atoms with Crippen molar-refractivity contribution in [2.24, 2.45) is 0 Å². The van der Waals surface area contributed by atoms with Crippen LogP contribution in [0.2, 0.25) is 0 Å². The highest BCUT2D eigenvalue weighted by molar-refractivity contribution is 7.89. The molecule has 0 radical (unpaired) electrons. The van der Waals surface area contributed by atoms with Gasteiger partial charge in [-0.1, -0.05) is 60.2 Å². The van der Waals surface area contributed by atoms with E-state index in [9.17, 15) is 30.4 Å². The number of hydrogen-bond donors (Lipinski definition) is 0. The molecule has 0 aromatic heterocycles. The van der Waals surface area contributed by atoms with Gasteiger partial charge in [0.25, 0.3) is 0 Å². The molecule has 1 fully saturated rings. The molecule has 1 aliphatic rings. The highest BCUT2D eigenvalue weighted by atomic mass is 32.2. The van der Waals surface area contributed by atoms with Crippen LogP contribution >= 0.6 is 0 Å². The molecule has 32 heavy (non-hydrogen) atoms. The monoisotopic (exact) mass is 465 g/mol. The predicted octanol–water partition coefficient (Wildman–Crippen LogP) is 5.52. The van der Waals surface area contributed by atoms with E-state index in [2.05, 4.69) is 0 Å². The molecule has 0 aliphatic carbocycles. The van der Waals surface area contributed by atoms with E-state index in [0.717, 1.165) is 9.87 Å². The molecule has 1 heterocycles. The van der Waals surface area contributed by atoms with Crippen molar-refractivity contribution in [1.82, 2.24) is 4.31 Å². The largest absolute Gasteiger partial charge is 0.244 e. The van der Waals surface area contributed by atoms with Crippen LogP contribution < -0.4 is 0 Å². The average molecular weight is 465 g/mol. The Morgan fingerprint density at radius 3 is 1.88 bits per heavy atom. The molecule has 3 nitrogen and oxygen atoms in total. The third-order valence-corrected chi connectivity index (χ3v) is 7.12. The third-order valence-electron chi connectivity index (χ3n) is 5.22. The topological polar surface area (TPSA) is 37.1 Å². The molecule has 166 valence electrons. The number of rotatable bonds is 5. The average Bonchev–Trinajstić information content (AvgIpc) is 3.51. The van der Waals surface area contributed by atoms with Crippen molar-refractivity contribution in [1.29, 1.82) is 0 Å². The third kappa shape index (κ3) is 3.71. The maximum Gasteiger partial charge on any atom is 0.244 e. The quantitative estimate of drug-likeness (QED) is 0.215. The summed E-state index contributed by atoms with van der Waals surface area (Å²) in [7, 11) is -4.29. The van der Waals surface area contributed by atoms with Crippen LogP contribution in [0.5, 0.6) is 0 Å². The first kappa shape index (κ1) is 22.2. The van der Waals surface area contributed by atoms with Gasteiger partial charge < -0.3 is 0 Å². The Morgan fingerprint density at radius 2 is 1.31 bits per heavy atom. The van der Waals surface area contributed by atoms with E-state index >= 15 is 0 Å². The Bertz CT molecular complexity index is 1280. The molecular weight excluding hydrogens is 449 g/mol. The SMILES string of the molecule is Cc1ccc(S(=O)(=O)N2[C@H](/C=C/c3ccccc3)[C@H]2c2c(F)c(F)c(F)c(F)c2F)cc1. The van der Waals surface area contributed by atoms with Gasteiger partial charge in [0.2, 0.25) is 15.8 Å². The lowest BCUT2D eigenvalue weighted by Crippen LogP contribution is -2.15. The number of halogens is 5. The summed E-state index contributed by atoms with van der Waals surface area (Å²) in [5.41, 5.74) is 0.273. The first-order valence-electron chi connectivity index (χ1n) is 9.49. The van der Waals surface area contributed by atoms with Crippen LogP contribution in [-0.4, -0.2) is 18.8 Å². The van der Waals surface area contributed by atoms with Gasteiger partial charge in [-0.25, -0.2) is 30.4 Å². The van der Waals surface area contributed by atoms with Crippen LogP contribution in [0.3, 0.4) is 0 Å². The minimum absolute atomic E-state index is 0.160. The fourth-order valence-corrected chi connectivity index (χ4v) is 5.22. The van der Waals surface area contributed by atoms with Crippen LogP contribution in [0.4, 0.5) is 22.0 Å². The zero-order valence-corrected chi connectivity index (χ0v) is 17.4. The summed E-state index contributed by atoms with van der Waals surface area (Å²) in [6, 6.07) is 11.6. The Balaban J connectivity index is 1.82. The lowest BCUT2D eigenvalue weighted by Gasteiger charge is -2.09. The van der Waals surface area contributed by atoms with Crippen LogP contribution in [0.25, 0.3) is 6.08 Å². The molecule has 3 atom stereocenters. The highest BCUT2D eigenvalue weighted by Gasteiger charge is 2.57. The summed E-state index contributed by atoms with van der Waals surface area (Å²) in [6.07, 6.45) is 2.89. The first-order chi connectivity index (χ1) is 15.1. The molecule has 9 heteroatoms. The second-order valence-corrected chi connectivity index (χ2v) is 9.18. The lowest BCUT2D eigenvalue weighted by molar-refractivity contribution is 0.368. The zero-order valence-electron chi connectivity index (χ0n) is 16.6. The van der Waals surface area contributed by atoms with Crippen LogP contribution in [0.1, 0.15) is 22.7 Å². The van der Waals surface area contributed by atoms with Gasteiger partial charge in [0.1, 0.15) is 0 Å². The van der Waals surface area contributed by atoms with Crippen molar-refractivity contribution in [3.05, 3.63) is 106 Å². The molecule has 0 saturated carbocycles. The molecule has 0 bridgehead atoms. The van der Waals surface area contributed by atoms with Gasteiger partial charge in [-0.2, -0.15) is 4.31 Å². The summed E-state index contributed by atoms with van der Waals surface area (Å²) < 4.78 is 97.1. The Hall–Kier alpha value is -3.04. The Morgan fingerprint density at radius 1 is 0.781 bits per heavy atom. The van der Waals surface area contributed by atoms with Gasteiger partial charge in [0.15, 0.2) is 23.3 Å². The van der Waals surface area contributed by atoms with Gasteiger partial charge in [-0.05, 0) is 24.6 Å². The summed E-state index contributed by atoms with van der Waals surface area (Å²) in [6.45, 7) is 1.75. The normalized spacial score (nSPS) is 20.6. The van der Waals surface area contributed by atoms with Crippen molar-refractivity contribution in [2.75, 3.05) is 0 Å². The van der Waals surface area contributed by atoms with Crippen LogP contribution in [0.15, 0.2) is 65.6 Å². The van der Waals surface area contributed by atoms with Gasteiger partial charge in [-0.3, -0.25) is 0 Å². The molecule has 1 aliphatic heterocycles.